The molecule has 5 aromatic rings. The summed E-state index contributed by atoms with van der Waals surface area (Å²) in [6.07, 6.45) is 20.2. The second-order valence-corrected chi connectivity index (χ2v) is 24.9. The topological polar surface area (TPSA) is 212 Å². The maximum absolute atomic E-state index is 10.6. The van der Waals surface area contributed by atoms with Crippen molar-refractivity contribution in [1.29, 1.82) is 0 Å². The Balaban J connectivity index is 0.000000235. The van der Waals surface area contributed by atoms with Crippen molar-refractivity contribution < 1.29 is 77.1 Å². The Bertz CT molecular complexity index is 3000. The molecular formula is C74H98Cl2O16. The van der Waals surface area contributed by atoms with Gasteiger partial charge in [-0.25, -0.2) is 0 Å². The van der Waals surface area contributed by atoms with E-state index in [-0.39, 0.29) is 49.4 Å². The summed E-state index contributed by atoms with van der Waals surface area (Å²) in [4.78, 5) is 41.8. The minimum atomic E-state index is -0.729. The van der Waals surface area contributed by atoms with Gasteiger partial charge in [0.25, 0.3) is 0 Å². The third-order valence-corrected chi connectivity index (χ3v) is 16.9. The predicted octanol–water partition coefficient (Wildman–Crippen LogP) is 18.4. The first-order valence-electron chi connectivity index (χ1n) is 32.3. The molecule has 504 valence electrons. The molecule has 3 N–H and O–H groups in total. The van der Waals surface area contributed by atoms with Crippen molar-refractivity contribution in [2.75, 3.05) is 41.2 Å². The highest BCUT2D eigenvalue weighted by atomic mass is 35.5. The summed E-state index contributed by atoms with van der Waals surface area (Å²) in [5, 5.41) is 27.2. The fourth-order valence-electron chi connectivity index (χ4n) is 11.3. The molecule has 8 rings (SSSR count). The summed E-state index contributed by atoms with van der Waals surface area (Å²) in [5.41, 5.74) is 4.53. The van der Waals surface area contributed by atoms with E-state index in [1.54, 1.807) is 45.6 Å². The molecule has 16 nitrogen and oxygen atoms in total. The Morgan fingerprint density at radius 2 is 0.870 bits per heavy atom. The van der Waals surface area contributed by atoms with E-state index in [9.17, 15) is 19.2 Å². The molecule has 0 unspecified atom stereocenters. The van der Waals surface area contributed by atoms with Crippen LogP contribution >= 0.6 is 23.2 Å². The quantitative estimate of drug-likeness (QED) is 0.0214. The normalized spacial score (nSPS) is 20.6. The Morgan fingerprint density at radius 1 is 0.478 bits per heavy atom. The van der Waals surface area contributed by atoms with Crippen LogP contribution in [0, 0.1) is 17.8 Å². The SMILES string of the molecule is COc1ccccc1[C@H]1OC(C)(C)OC[C@H]1C/C=C\CCCCC(=O)O.COc1ccccc1[C@H]1OC(C)(C)OC[C@H]1CCCCCCCC(=O)O.COc1ccccc1[C@H]1O[C@@H](c2ccccc2Cl)OC[C@H]1CCCCCCCC(=O)O.O=Cc1ccccc1Cl. The molecule has 0 aromatic heterocycles. The number of benzene rings is 5. The van der Waals surface area contributed by atoms with Gasteiger partial charge in [0.15, 0.2) is 24.2 Å². The minimum absolute atomic E-state index is 0.0399. The van der Waals surface area contributed by atoms with Crippen LogP contribution in [-0.4, -0.2) is 92.2 Å². The Morgan fingerprint density at radius 3 is 1.33 bits per heavy atom. The first kappa shape index (κ1) is 76.4. The highest BCUT2D eigenvalue weighted by Gasteiger charge is 2.40. The van der Waals surface area contributed by atoms with Gasteiger partial charge in [0, 0.05) is 69.9 Å². The monoisotopic (exact) mass is 1310 g/mol. The van der Waals surface area contributed by atoms with E-state index in [2.05, 4.69) is 24.3 Å². The molecule has 18 heteroatoms. The van der Waals surface area contributed by atoms with Gasteiger partial charge in [-0.1, -0.05) is 178 Å². The van der Waals surface area contributed by atoms with E-state index >= 15 is 0 Å². The molecule has 3 aliphatic heterocycles. The Kier molecular flexibility index (Phi) is 34.4. The van der Waals surface area contributed by atoms with Gasteiger partial charge in [-0.15, -0.1) is 0 Å². The number of halogens is 2. The van der Waals surface area contributed by atoms with E-state index in [0.29, 0.717) is 47.8 Å². The molecule has 3 aliphatic rings. The number of carbonyl (C=O) groups is 4. The molecule has 0 amide bonds. The third-order valence-electron chi connectivity index (χ3n) is 16.2. The van der Waals surface area contributed by atoms with Gasteiger partial charge in [0.05, 0.1) is 64.5 Å². The summed E-state index contributed by atoms with van der Waals surface area (Å²) in [7, 11) is 5.04. The number of aldehydes is 1. The summed E-state index contributed by atoms with van der Waals surface area (Å²) >= 11 is 12.0. The van der Waals surface area contributed by atoms with Crippen LogP contribution in [0.5, 0.6) is 17.2 Å². The molecule has 0 bridgehead atoms. The lowest BCUT2D eigenvalue weighted by Gasteiger charge is -2.41. The Labute approximate surface area is 555 Å². The summed E-state index contributed by atoms with van der Waals surface area (Å²) < 4.78 is 53.5. The zero-order chi connectivity index (χ0) is 66.7. The average molecular weight is 1310 g/mol. The number of hydrogen-bond acceptors (Lipinski definition) is 13. The van der Waals surface area contributed by atoms with Crippen molar-refractivity contribution in [3.8, 4) is 17.2 Å². The van der Waals surface area contributed by atoms with Gasteiger partial charge in [0.2, 0.25) is 0 Å². The number of methoxy groups -OCH3 is 3. The van der Waals surface area contributed by atoms with Gasteiger partial charge < -0.3 is 58.0 Å². The molecule has 3 saturated heterocycles. The number of carbonyl (C=O) groups excluding carboxylic acids is 1. The number of unbranched alkanes of at least 4 members (excludes halogenated alkanes) is 10. The lowest BCUT2D eigenvalue weighted by Crippen LogP contribution is -2.41. The second-order valence-electron chi connectivity index (χ2n) is 24.1. The zero-order valence-electron chi connectivity index (χ0n) is 54.8. The summed E-state index contributed by atoms with van der Waals surface area (Å²) in [6.45, 7) is 9.65. The van der Waals surface area contributed by atoms with Gasteiger partial charge in [-0.2, -0.15) is 0 Å². The van der Waals surface area contributed by atoms with Gasteiger partial charge in [0.1, 0.15) is 17.2 Å². The fourth-order valence-corrected chi connectivity index (χ4v) is 11.7. The van der Waals surface area contributed by atoms with E-state index < -0.39 is 35.8 Å². The van der Waals surface area contributed by atoms with E-state index in [1.165, 1.54) is 0 Å². The van der Waals surface area contributed by atoms with E-state index in [1.807, 2.05) is 113 Å². The zero-order valence-corrected chi connectivity index (χ0v) is 56.3. The number of ether oxygens (including phenoxy) is 9. The lowest BCUT2D eigenvalue weighted by atomic mass is 9.89. The van der Waals surface area contributed by atoms with Crippen molar-refractivity contribution in [2.45, 2.75) is 186 Å². The molecule has 0 spiro atoms. The fraction of sp³-hybridized carbons (Fsp3) is 0.514. The first-order chi connectivity index (χ1) is 44.3. The van der Waals surface area contributed by atoms with Crippen LogP contribution in [0.3, 0.4) is 0 Å². The van der Waals surface area contributed by atoms with Crippen molar-refractivity contribution in [3.05, 3.63) is 171 Å². The molecule has 0 aliphatic carbocycles. The van der Waals surface area contributed by atoms with Gasteiger partial charge >= 0.3 is 17.9 Å². The smallest absolute Gasteiger partial charge is 0.303 e. The van der Waals surface area contributed by atoms with Crippen LogP contribution in [0.2, 0.25) is 10.0 Å². The molecule has 0 radical (unpaired) electrons. The average Bonchev–Trinajstić information content (AvgIpc) is 0.956. The number of aliphatic carboxylic acids is 3. The molecule has 92 heavy (non-hydrogen) atoms. The first-order valence-corrected chi connectivity index (χ1v) is 33.1. The van der Waals surface area contributed by atoms with Crippen molar-refractivity contribution in [2.24, 2.45) is 17.8 Å². The van der Waals surface area contributed by atoms with Gasteiger partial charge in [-0.3, -0.25) is 19.2 Å². The van der Waals surface area contributed by atoms with Crippen LogP contribution in [0.1, 0.15) is 207 Å². The van der Waals surface area contributed by atoms with Crippen LogP contribution < -0.4 is 14.2 Å². The van der Waals surface area contributed by atoms with Crippen LogP contribution in [0.15, 0.2) is 133 Å². The van der Waals surface area contributed by atoms with E-state index in [0.717, 1.165) is 142 Å². The number of rotatable bonds is 31. The maximum Gasteiger partial charge on any atom is 0.303 e. The molecule has 3 heterocycles. The maximum atomic E-state index is 10.6. The van der Waals surface area contributed by atoms with Crippen molar-refractivity contribution >= 4 is 47.4 Å². The van der Waals surface area contributed by atoms with E-state index in [4.69, 9.17) is 81.2 Å². The standard InChI is InChI=1S/C25H31ClO5.C21H32O5.C21H30O5.C7H5ClO/c1-29-22-15-10-8-13-20(22)24-18(11-5-3-2-4-6-16-23(27)28)17-30-25(31-24)19-12-7-9-14-21(19)26;2*1-21(2)25-15-16(11-7-5-4-6-8-14-19(22)23)20(26-21)17-12-9-10-13-18(17)24-3;8-7-4-2-1-3-6(7)5-9/h7-10,12-15,18,24-25H,2-6,11,16-17H2,1H3,(H,27,28);9-10,12-13,16,20H,4-8,11,14-15H2,1-3H3,(H,22,23);5,7,9-10,12-13,16,20H,4,6,8,11,14-15H2,1-3H3,(H,22,23);1-5H/b;;7-5-;/t18-,24+,25+;2*16-,20+;/m111./s1. The van der Waals surface area contributed by atoms with Crippen LogP contribution in [0.25, 0.3) is 0 Å². The molecular weight excluding hydrogens is 1220 g/mol. The number of carboxylic acid groups (broad SMARTS) is 3. The Hall–Kier alpha value is -6.34. The molecule has 3 fully saturated rings. The van der Waals surface area contributed by atoms with Crippen molar-refractivity contribution in [1.82, 2.24) is 0 Å². The largest absolute Gasteiger partial charge is 0.496 e. The third kappa shape index (κ3) is 26.9. The van der Waals surface area contributed by atoms with Crippen LogP contribution in [0.4, 0.5) is 0 Å². The number of carboxylic acids is 3. The number of para-hydroxylation sites is 3. The summed E-state index contributed by atoms with van der Waals surface area (Å²) in [6, 6.07) is 38.5. The second kappa shape index (κ2) is 41.4. The number of allylic oxidation sites excluding steroid dienone is 2. The highest BCUT2D eigenvalue weighted by molar-refractivity contribution is 6.33. The van der Waals surface area contributed by atoms with Crippen molar-refractivity contribution in [3.63, 3.8) is 0 Å². The number of hydrogen-bond donors (Lipinski definition) is 3. The highest BCUT2D eigenvalue weighted by Crippen LogP contribution is 2.46. The lowest BCUT2D eigenvalue weighted by molar-refractivity contribution is -0.297. The van der Waals surface area contributed by atoms with Crippen LogP contribution in [-0.2, 0) is 42.8 Å². The van der Waals surface area contributed by atoms with Gasteiger partial charge in [-0.05, 0) is 109 Å². The summed E-state index contributed by atoms with van der Waals surface area (Å²) in [5.74, 6) is -0.179. The minimum Gasteiger partial charge on any atom is -0.496 e. The molecule has 7 atom stereocenters. The molecule has 0 saturated carbocycles. The predicted molar refractivity (Wildman–Crippen MR) is 358 cm³/mol. The molecule has 5 aromatic carbocycles.